The van der Waals surface area contributed by atoms with Crippen molar-refractivity contribution in [1.29, 1.82) is 0 Å². The topological polar surface area (TPSA) is 32.3 Å². The minimum absolute atomic E-state index is 0.246. The second kappa shape index (κ2) is 8.57. The maximum Gasteiger partial charge on any atom is 0.236 e. The van der Waals surface area contributed by atoms with Gasteiger partial charge in [-0.1, -0.05) is 26.7 Å². The number of likely N-dealkylation sites (N-methyl/N-ethyl adjacent to an activating group) is 1. The Labute approximate surface area is 119 Å². The van der Waals surface area contributed by atoms with Crippen molar-refractivity contribution in [1.82, 2.24) is 10.2 Å². The number of carbonyl (C=O) groups is 1. The fourth-order valence-corrected chi connectivity index (χ4v) is 3.28. The van der Waals surface area contributed by atoms with Gasteiger partial charge in [-0.2, -0.15) is 0 Å². The molecule has 0 aliphatic heterocycles. The van der Waals surface area contributed by atoms with Gasteiger partial charge in [0.25, 0.3) is 0 Å². The van der Waals surface area contributed by atoms with E-state index < -0.39 is 0 Å². The van der Waals surface area contributed by atoms with Crippen LogP contribution in [0.2, 0.25) is 0 Å². The summed E-state index contributed by atoms with van der Waals surface area (Å²) in [6.07, 6.45) is 6.51. The zero-order valence-electron chi connectivity index (χ0n) is 13.2. The van der Waals surface area contributed by atoms with Crippen LogP contribution in [0.25, 0.3) is 0 Å². The monoisotopic (exact) mass is 268 g/mol. The highest BCUT2D eigenvalue weighted by molar-refractivity contribution is 5.78. The van der Waals surface area contributed by atoms with Gasteiger partial charge in [0.1, 0.15) is 0 Å². The van der Waals surface area contributed by atoms with Crippen LogP contribution in [0.15, 0.2) is 0 Å². The summed E-state index contributed by atoms with van der Waals surface area (Å²) in [6, 6.07) is 0.553. The number of hydrogen-bond acceptors (Lipinski definition) is 2. The molecule has 2 atom stereocenters. The number of nitrogens with zero attached hydrogens (tertiary/aromatic N) is 1. The molecule has 1 rings (SSSR count). The van der Waals surface area contributed by atoms with E-state index in [1.165, 1.54) is 32.1 Å². The molecule has 1 aliphatic carbocycles. The first kappa shape index (κ1) is 16.5. The number of nitrogens with one attached hydrogen (secondary N) is 1. The second-order valence-electron chi connectivity index (χ2n) is 6.31. The molecular weight excluding hydrogens is 236 g/mol. The van der Waals surface area contributed by atoms with Crippen LogP contribution in [0.4, 0.5) is 0 Å². The predicted octanol–water partition coefficient (Wildman–Crippen LogP) is 3.05. The lowest BCUT2D eigenvalue weighted by molar-refractivity contribution is -0.130. The van der Waals surface area contributed by atoms with Crippen molar-refractivity contribution < 1.29 is 4.79 Å². The Morgan fingerprint density at radius 1 is 1.26 bits per heavy atom. The third-order valence-electron chi connectivity index (χ3n) is 4.25. The summed E-state index contributed by atoms with van der Waals surface area (Å²) >= 11 is 0. The van der Waals surface area contributed by atoms with E-state index in [1.807, 2.05) is 18.7 Å². The van der Waals surface area contributed by atoms with E-state index in [0.717, 1.165) is 24.9 Å². The fourth-order valence-electron chi connectivity index (χ4n) is 3.28. The Morgan fingerprint density at radius 2 is 1.95 bits per heavy atom. The SMILES string of the molecule is CCN(CC)C(=O)CNC1CCCC(CC(C)C)C1. The van der Waals surface area contributed by atoms with Gasteiger partial charge in [0.15, 0.2) is 0 Å². The number of hydrogen-bond donors (Lipinski definition) is 1. The molecule has 0 spiro atoms. The van der Waals surface area contributed by atoms with Gasteiger partial charge in [-0.05, 0) is 44.9 Å². The lowest BCUT2D eigenvalue weighted by atomic mass is 9.81. The largest absolute Gasteiger partial charge is 0.342 e. The molecule has 0 radical (unpaired) electrons. The van der Waals surface area contributed by atoms with Gasteiger partial charge in [0.2, 0.25) is 5.91 Å². The van der Waals surface area contributed by atoms with Crippen LogP contribution < -0.4 is 5.32 Å². The van der Waals surface area contributed by atoms with Crippen molar-refractivity contribution in [3.63, 3.8) is 0 Å². The Hall–Kier alpha value is -0.570. The maximum absolute atomic E-state index is 12.0. The van der Waals surface area contributed by atoms with Crippen LogP contribution in [0.1, 0.15) is 59.8 Å². The number of rotatable bonds is 7. The van der Waals surface area contributed by atoms with Gasteiger partial charge in [0, 0.05) is 19.1 Å². The molecule has 0 aromatic heterocycles. The van der Waals surface area contributed by atoms with E-state index in [2.05, 4.69) is 19.2 Å². The smallest absolute Gasteiger partial charge is 0.236 e. The Balaban J connectivity index is 2.30. The van der Waals surface area contributed by atoms with Gasteiger partial charge >= 0.3 is 0 Å². The average molecular weight is 268 g/mol. The second-order valence-corrected chi connectivity index (χ2v) is 6.31. The van der Waals surface area contributed by atoms with Crippen LogP contribution >= 0.6 is 0 Å². The molecule has 2 unspecified atom stereocenters. The van der Waals surface area contributed by atoms with Gasteiger partial charge < -0.3 is 10.2 Å². The van der Waals surface area contributed by atoms with Gasteiger partial charge in [0.05, 0.1) is 6.54 Å². The molecule has 19 heavy (non-hydrogen) atoms. The first-order valence-electron chi connectivity index (χ1n) is 8.07. The van der Waals surface area contributed by atoms with Crippen LogP contribution in [0.3, 0.4) is 0 Å². The maximum atomic E-state index is 12.0. The third kappa shape index (κ3) is 5.94. The molecule has 112 valence electrons. The summed E-state index contributed by atoms with van der Waals surface area (Å²) in [7, 11) is 0. The van der Waals surface area contributed by atoms with Crippen molar-refractivity contribution in [3.8, 4) is 0 Å². The molecule has 0 heterocycles. The quantitative estimate of drug-likeness (QED) is 0.769. The lowest BCUT2D eigenvalue weighted by Crippen LogP contribution is -2.43. The van der Waals surface area contributed by atoms with Crippen LogP contribution in [0, 0.1) is 11.8 Å². The molecule has 1 amide bonds. The van der Waals surface area contributed by atoms with Crippen molar-refractivity contribution in [3.05, 3.63) is 0 Å². The van der Waals surface area contributed by atoms with Crippen molar-refractivity contribution >= 4 is 5.91 Å². The molecule has 1 fully saturated rings. The van der Waals surface area contributed by atoms with E-state index in [0.29, 0.717) is 12.6 Å². The van der Waals surface area contributed by atoms with E-state index in [4.69, 9.17) is 0 Å². The van der Waals surface area contributed by atoms with E-state index >= 15 is 0 Å². The van der Waals surface area contributed by atoms with E-state index in [1.54, 1.807) is 0 Å². The van der Waals surface area contributed by atoms with E-state index in [9.17, 15) is 4.79 Å². The predicted molar refractivity (Wildman–Crippen MR) is 81.1 cm³/mol. The number of carbonyl (C=O) groups excluding carboxylic acids is 1. The lowest BCUT2D eigenvalue weighted by Gasteiger charge is -2.31. The Bertz CT molecular complexity index is 261. The fraction of sp³-hybridized carbons (Fsp3) is 0.938. The standard InChI is InChI=1S/C16H32N2O/c1-5-18(6-2)16(19)12-17-15-9-7-8-14(11-15)10-13(3)4/h13-15,17H,5-12H2,1-4H3. The van der Waals surface area contributed by atoms with Gasteiger partial charge in [-0.3, -0.25) is 4.79 Å². The molecule has 0 bridgehead atoms. The van der Waals surface area contributed by atoms with Crippen LogP contribution in [0.5, 0.6) is 0 Å². The highest BCUT2D eigenvalue weighted by Gasteiger charge is 2.23. The first-order chi connectivity index (χ1) is 9.06. The summed E-state index contributed by atoms with van der Waals surface area (Å²) in [5.41, 5.74) is 0. The van der Waals surface area contributed by atoms with Crippen molar-refractivity contribution in [2.75, 3.05) is 19.6 Å². The van der Waals surface area contributed by atoms with Crippen LogP contribution in [-0.4, -0.2) is 36.5 Å². The molecule has 1 N–H and O–H groups in total. The number of amides is 1. The first-order valence-corrected chi connectivity index (χ1v) is 8.07. The summed E-state index contributed by atoms with van der Waals surface area (Å²) in [5, 5.41) is 3.48. The molecule has 1 saturated carbocycles. The van der Waals surface area contributed by atoms with Crippen molar-refractivity contribution in [2.45, 2.75) is 65.8 Å². The highest BCUT2D eigenvalue weighted by Crippen LogP contribution is 2.29. The molecule has 3 heteroatoms. The van der Waals surface area contributed by atoms with Crippen molar-refractivity contribution in [2.24, 2.45) is 11.8 Å². The summed E-state index contributed by atoms with van der Waals surface area (Å²) in [4.78, 5) is 13.9. The third-order valence-corrected chi connectivity index (χ3v) is 4.25. The molecule has 1 aliphatic rings. The zero-order chi connectivity index (χ0) is 14.3. The Morgan fingerprint density at radius 3 is 2.53 bits per heavy atom. The summed E-state index contributed by atoms with van der Waals surface area (Å²) in [6.45, 7) is 10.8. The molecule has 0 saturated heterocycles. The normalized spacial score (nSPS) is 23.6. The molecular formula is C16H32N2O. The zero-order valence-corrected chi connectivity index (χ0v) is 13.2. The van der Waals surface area contributed by atoms with Crippen LogP contribution in [-0.2, 0) is 4.79 Å². The van der Waals surface area contributed by atoms with Gasteiger partial charge in [-0.15, -0.1) is 0 Å². The highest BCUT2D eigenvalue weighted by atomic mass is 16.2. The summed E-state index contributed by atoms with van der Waals surface area (Å²) in [5.74, 6) is 1.90. The Kier molecular flexibility index (Phi) is 7.44. The molecule has 0 aromatic carbocycles. The van der Waals surface area contributed by atoms with Gasteiger partial charge in [-0.25, -0.2) is 0 Å². The minimum atomic E-state index is 0.246. The minimum Gasteiger partial charge on any atom is -0.342 e. The molecule has 0 aromatic rings. The van der Waals surface area contributed by atoms with E-state index in [-0.39, 0.29) is 5.91 Å². The average Bonchev–Trinajstić information content (AvgIpc) is 2.37. The summed E-state index contributed by atoms with van der Waals surface area (Å²) < 4.78 is 0. The molecule has 3 nitrogen and oxygen atoms in total.